The van der Waals surface area contributed by atoms with Gasteiger partial charge in [0.05, 0.1) is 12.8 Å². The fourth-order valence-corrected chi connectivity index (χ4v) is 2.24. The van der Waals surface area contributed by atoms with Crippen LogP contribution in [0.2, 0.25) is 5.02 Å². The van der Waals surface area contributed by atoms with Gasteiger partial charge in [-0.15, -0.1) is 0 Å². The number of quaternary nitrogens is 1. The molecule has 0 heterocycles. The lowest BCUT2D eigenvalue weighted by Crippen LogP contribution is -2.84. The fourth-order valence-electron chi connectivity index (χ4n) is 2.11. The van der Waals surface area contributed by atoms with Crippen LogP contribution in [0.15, 0.2) is 42.5 Å². The van der Waals surface area contributed by atoms with E-state index in [2.05, 4.69) is 5.32 Å². The number of hydrogen-bond acceptors (Lipinski definition) is 2. The van der Waals surface area contributed by atoms with Crippen LogP contribution < -0.4 is 15.4 Å². The maximum absolute atomic E-state index is 12.0. The van der Waals surface area contributed by atoms with Crippen molar-refractivity contribution in [3.8, 4) is 5.75 Å². The van der Waals surface area contributed by atoms with Crippen LogP contribution in [0, 0.1) is 6.92 Å². The number of nitrogens with one attached hydrogen (secondary N) is 1. The fraction of sp³-hybridized carbons (Fsp3) is 0.235. The van der Waals surface area contributed by atoms with Gasteiger partial charge in [-0.05, 0) is 36.8 Å². The third-order valence-electron chi connectivity index (χ3n) is 3.25. The zero-order chi connectivity index (χ0) is 15.9. The summed E-state index contributed by atoms with van der Waals surface area (Å²) in [6.45, 7) is 3.05. The molecule has 116 valence electrons. The Balaban J connectivity index is 1.85. The number of amides is 1. The molecule has 3 N–H and O–H groups in total. The van der Waals surface area contributed by atoms with Crippen LogP contribution in [0.5, 0.6) is 5.75 Å². The molecule has 4 nitrogen and oxygen atoms in total. The van der Waals surface area contributed by atoms with Crippen LogP contribution >= 0.6 is 11.6 Å². The van der Waals surface area contributed by atoms with Gasteiger partial charge in [0.15, 0.2) is 6.54 Å². The Morgan fingerprint density at radius 2 is 1.95 bits per heavy atom. The molecule has 5 heteroatoms. The SMILES string of the molecule is COc1ccc(C)cc1NC(=O)C[NH2+]Cc1ccc(Cl)cc1. The third kappa shape index (κ3) is 4.76. The summed E-state index contributed by atoms with van der Waals surface area (Å²) in [5.74, 6) is 0.606. The predicted octanol–water partition coefficient (Wildman–Crippen LogP) is 2.36. The van der Waals surface area contributed by atoms with Gasteiger partial charge in [0.1, 0.15) is 12.3 Å². The second-order valence-corrected chi connectivity index (χ2v) is 5.51. The zero-order valence-corrected chi connectivity index (χ0v) is 13.5. The average molecular weight is 320 g/mol. The molecule has 0 saturated carbocycles. The van der Waals surface area contributed by atoms with Crippen LogP contribution in [0.25, 0.3) is 0 Å². The van der Waals surface area contributed by atoms with E-state index in [1.165, 1.54) is 0 Å². The molecule has 0 unspecified atom stereocenters. The first-order valence-electron chi connectivity index (χ1n) is 7.09. The van der Waals surface area contributed by atoms with E-state index in [9.17, 15) is 4.79 Å². The largest absolute Gasteiger partial charge is 0.495 e. The molecule has 0 spiro atoms. The minimum Gasteiger partial charge on any atom is -0.495 e. The summed E-state index contributed by atoms with van der Waals surface area (Å²) in [6.07, 6.45) is 0. The Morgan fingerprint density at radius 3 is 2.64 bits per heavy atom. The number of anilines is 1. The van der Waals surface area contributed by atoms with Crippen molar-refractivity contribution in [1.82, 2.24) is 0 Å². The molecule has 0 aliphatic rings. The number of ether oxygens (including phenoxy) is 1. The third-order valence-corrected chi connectivity index (χ3v) is 3.50. The van der Waals surface area contributed by atoms with E-state index in [1.807, 2.05) is 54.7 Å². The molecule has 2 aromatic carbocycles. The van der Waals surface area contributed by atoms with Gasteiger partial charge in [0.2, 0.25) is 0 Å². The van der Waals surface area contributed by atoms with Crippen LogP contribution in [-0.2, 0) is 11.3 Å². The molecule has 1 amide bonds. The molecule has 22 heavy (non-hydrogen) atoms. The molecule has 0 aromatic heterocycles. The smallest absolute Gasteiger partial charge is 0.279 e. The van der Waals surface area contributed by atoms with Crippen LogP contribution in [0.1, 0.15) is 11.1 Å². The Morgan fingerprint density at radius 1 is 1.23 bits per heavy atom. The maximum atomic E-state index is 12.0. The normalized spacial score (nSPS) is 10.3. The van der Waals surface area contributed by atoms with Crippen molar-refractivity contribution in [2.24, 2.45) is 0 Å². The summed E-state index contributed by atoms with van der Waals surface area (Å²) < 4.78 is 5.25. The van der Waals surface area contributed by atoms with Crippen molar-refractivity contribution in [2.75, 3.05) is 19.0 Å². The van der Waals surface area contributed by atoms with Crippen LogP contribution in [0.4, 0.5) is 5.69 Å². The number of methoxy groups -OCH3 is 1. The zero-order valence-electron chi connectivity index (χ0n) is 12.7. The summed E-state index contributed by atoms with van der Waals surface area (Å²) in [6, 6.07) is 13.3. The van der Waals surface area contributed by atoms with Gasteiger partial charge < -0.3 is 15.4 Å². The Labute approximate surface area is 135 Å². The highest BCUT2D eigenvalue weighted by atomic mass is 35.5. The van der Waals surface area contributed by atoms with Gasteiger partial charge in [-0.2, -0.15) is 0 Å². The highest BCUT2D eigenvalue weighted by Gasteiger charge is 2.09. The van der Waals surface area contributed by atoms with Crippen LogP contribution in [-0.4, -0.2) is 19.6 Å². The number of benzene rings is 2. The summed E-state index contributed by atoms with van der Waals surface area (Å²) >= 11 is 5.84. The molecule has 0 aliphatic heterocycles. The van der Waals surface area contributed by atoms with Gasteiger partial charge >= 0.3 is 0 Å². The number of carbonyl (C=O) groups excluding carboxylic acids is 1. The van der Waals surface area contributed by atoms with E-state index >= 15 is 0 Å². The van der Waals surface area contributed by atoms with Crippen molar-refractivity contribution < 1.29 is 14.8 Å². The van der Waals surface area contributed by atoms with E-state index < -0.39 is 0 Å². The molecule has 2 rings (SSSR count). The predicted molar refractivity (Wildman–Crippen MR) is 88.3 cm³/mol. The van der Waals surface area contributed by atoms with Crippen molar-refractivity contribution in [3.05, 3.63) is 58.6 Å². The lowest BCUT2D eigenvalue weighted by Gasteiger charge is -2.10. The molecular formula is C17H20ClN2O2+. The summed E-state index contributed by atoms with van der Waals surface area (Å²) in [5.41, 5.74) is 2.90. The van der Waals surface area contributed by atoms with Gasteiger partial charge in [-0.3, -0.25) is 4.79 Å². The monoisotopic (exact) mass is 319 g/mol. The maximum Gasteiger partial charge on any atom is 0.279 e. The number of aryl methyl sites for hydroxylation is 1. The quantitative estimate of drug-likeness (QED) is 0.859. The molecule has 0 fully saturated rings. The molecule has 2 aromatic rings. The molecular weight excluding hydrogens is 300 g/mol. The van der Waals surface area contributed by atoms with Gasteiger partial charge in [0, 0.05) is 10.6 Å². The van der Waals surface area contributed by atoms with Crippen molar-refractivity contribution in [3.63, 3.8) is 0 Å². The molecule has 0 saturated heterocycles. The molecule has 0 aliphatic carbocycles. The average Bonchev–Trinajstić information content (AvgIpc) is 2.49. The molecule has 0 atom stereocenters. The van der Waals surface area contributed by atoms with E-state index in [-0.39, 0.29) is 5.91 Å². The first-order valence-corrected chi connectivity index (χ1v) is 7.47. The lowest BCUT2D eigenvalue weighted by atomic mass is 10.2. The summed E-state index contributed by atoms with van der Waals surface area (Å²) in [5, 5.41) is 5.54. The first kappa shape index (κ1) is 16.3. The minimum absolute atomic E-state index is 0.0575. The number of nitrogens with two attached hydrogens (primary N) is 1. The summed E-state index contributed by atoms with van der Waals surface area (Å²) in [4.78, 5) is 12.0. The van der Waals surface area contributed by atoms with Gasteiger partial charge in [-0.25, -0.2) is 0 Å². The van der Waals surface area contributed by atoms with Crippen LogP contribution in [0.3, 0.4) is 0 Å². The Bertz CT molecular complexity index is 642. The first-order chi connectivity index (χ1) is 10.6. The Hall–Kier alpha value is -2.04. The second kappa shape index (κ2) is 7.82. The van der Waals surface area contributed by atoms with Crippen molar-refractivity contribution in [1.29, 1.82) is 0 Å². The Kier molecular flexibility index (Phi) is 5.81. The van der Waals surface area contributed by atoms with Crippen molar-refractivity contribution >= 4 is 23.2 Å². The standard InChI is InChI=1S/C17H19ClN2O2/c1-12-3-8-16(22-2)15(9-12)20-17(21)11-19-10-13-4-6-14(18)7-5-13/h3-9,19H,10-11H2,1-2H3,(H,20,21)/p+1. The second-order valence-electron chi connectivity index (χ2n) is 5.08. The van der Waals surface area contributed by atoms with Gasteiger partial charge in [0.25, 0.3) is 5.91 Å². The number of carbonyl (C=O) groups is 1. The summed E-state index contributed by atoms with van der Waals surface area (Å²) in [7, 11) is 1.59. The van der Waals surface area contributed by atoms with E-state index in [4.69, 9.17) is 16.3 Å². The van der Waals surface area contributed by atoms with E-state index in [0.717, 1.165) is 17.7 Å². The van der Waals surface area contributed by atoms with E-state index in [1.54, 1.807) is 7.11 Å². The number of rotatable bonds is 6. The minimum atomic E-state index is -0.0575. The highest BCUT2D eigenvalue weighted by Crippen LogP contribution is 2.24. The number of hydrogen-bond donors (Lipinski definition) is 2. The topological polar surface area (TPSA) is 54.9 Å². The molecule has 0 radical (unpaired) electrons. The van der Waals surface area contributed by atoms with E-state index in [0.29, 0.717) is 23.0 Å². The number of halogens is 1. The molecule has 0 bridgehead atoms. The van der Waals surface area contributed by atoms with Crippen molar-refractivity contribution in [2.45, 2.75) is 13.5 Å². The van der Waals surface area contributed by atoms with Gasteiger partial charge in [-0.1, -0.05) is 29.8 Å². The highest BCUT2D eigenvalue weighted by molar-refractivity contribution is 6.30. The lowest BCUT2D eigenvalue weighted by molar-refractivity contribution is -0.659.